The van der Waals surface area contributed by atoms with Crippen LogP contribution in [0.3, 0.4) is 0 Å². The SMILES string of the molecule is Cc1ncsc1-c1ccc(CNC(=O)[C@@H]2C[C@@H](O)CN2C(=O)[C@H](C(C)C)N2Cc3ccccc3C2=O)c(OCC(=O)O)c1. The van der Waals surface area contributed by atoms with Crippen LogP contribution in [0.1, 0.15) is 47.4 Å². The number of nitrogens with zero attached hydrogens (tertiary/aromatic N) is 3. The third kappa shape index (κ3) is 6.25. The van der Waals surface area contributed by atoms with Gasteiger partial charge in [0.05, 0.1) is 22.2 Å². The van der Waals surface area contributed by atoms with Gasteiger partial charge in [-0.1, -0.05) is 44.2 Å². The number of carbonyl (C=O) groups excluding carboxylic acids is 3. The summed E-state index contributed by atoms with van der Waals surface area (Å²) in [4.78, 5) is 60.0. The second-order valence-corrected chi connectivity index (χ2v) is 12.0. The quantitative estimate of drug-likeness (QED) is 0.319. The Bertz CT molecular complexity index is 1550. The van der Waals surface area contributed by atoms with E-state index in [1.807, 2.05) is 39.0 Å². The van der Waals surface area contributed by atoms with Gasteiger partial charge in [0, 0.05) is 37.2 Å². The lowest BCUT2D eigenvalue weighted by atomic mass is 10.0. The number of fused-ring (bicyclic) bond motifs is 1. The molecule has 11 nitrogen and oxygen atoms in total. The molecule has 0 radical (unpaired) electrons. The first-order valence-corrected chi connectivity index (χ1v) is 15.0. The highest BCUT2D eigenvalue weighted by Crippen LogP contribution is 2.33. The van der Waals surface area contributed by atoms with Gasteiger partial charge in [-0.25, -0.2) is 9.78 Å². The van der Waals surface area contributed by atoms with Crippen LogP contribution >= 0.6 is 11.3 Å². The smallest absolute Gasteiger partial charge is 0.341 e. The van der Waals surface area contributed by atoms with Crippen molar-refractivity contribution in [2.75, 3.05) is 13.2 Å². The molecular formula is C31H34N4O7S. The average molecular weight is 607 g/mol. The molecule has 2 aromatic carbocycles. The Labute approximate surface area is 253 Å². The number of ether oxygens (including phenoxy) is 1. The van der Waals surface area contributed by atoms with E-state index in [-0.39, 0.29) is 37.2 Å². The number of likely N-dealkylation sites (tertiary alicyclic amines) is 1. The summed E-state index contributed by atoms with van der Waals surface area (Å²) in [7, 11) is 0. The van der Waals surface area contributed by atoms with E-state index in [0.717, 1.165) is 21.7 Å². The Morgan fingerprint density at radius 2 is 1.95 bits per heavy atom. The van der Waals surface area contributed by atoms with Crippen molar-refractivity contribution >= 4 is 35.0 Å². The summed E-state index contributed by atoms with van der Waals surface area (Å²) >= 11 is 1.45. The second kappa shape index (κ2) is 12.5. The number of aliphatic hydroxyl groups is 1. The molecule has 1 fully saturated rings. The maximum atomic E-state index is 13.9. The number of carbonyl (C=O) groups is 4. The van der Waals surface area contributed by atoms with Crippen LogP contribution in [-0.4, -0.2) is 80.0 Å². The highest BCUT2D eigenvalue weighted by Gasteiger charge is 2.45. The van der Waals surface area contributed by atoms with Crippen LogP contribution in [0.4, 0.5) is 0 Å². The van der Waals surface area contributed by atoms with Crippen LogP contribution in [0.5, 0.6) is 5.75 Å². The fourth-order valence-electron chi connectivity index (χ4n) is 5.75. The Kier molecular flexibility index (Phi) is 8.79. The highest BCUT2D eigenvalue weighted by atomic mass is 32.1. The van der Waals surface area contributed by atoms with Gasteiger partial charge in [-0.05, 0) is 36.1 Å². The van der Waals surface area contributed by atoms with E-state index in [9.17, 15) is 29.4 Å². The summed E-state index contributed by atoms with van der Waals surface area (Å²) in [5, 5.41) is 22.5. The number of benzene rings is 2. The molecule has 1 aromatic heterocycles. The number of carboxylic acid groups (broad SMARTS) is 1. The lowest BCUT2D eigenvalue weighted by molar-refractivity contribution is -0.143. The largest absolute Gasteiger partial charge is 0.482 e. The summed E-state index contributed by atoms with van der Waals surface area (Å²) in [5.41, 5.74) is 5.33. The molecule has 3 aromatic rings. The van der Waals surface area contributed by atoms with Crippen molar-refractivity contribution in [1.82, 2.24) is 20.1 Å². The number of thiazole rings is 1. The second-order valence-electron chi connectivity index (χ2n) is 11.2. The van der Waals surface area contributed by atoms with Gasteiger partial charge < -0.3 is 30.1 Å². The first-order chi connectivity index (χ1) is 20.5. The Morgan fingerprint density at radius 1 is 1.19 bits per heavy atom. The molecule has 0 aliphatic carbocycles. The number of aryl methyl sites for hydroxylation is 1. The monoisotopic (exact) mass is 606 g/mol. The molecule has 3 N–H and O–H groups in total. The van der Waals surface area contributed by atoms with Gasteiger partial charge >= 0.3 is 5.97 Å². The summed E-state index contributed by atoms with van der Waals surface area (Å²) in [6.45, 7) is 5.32. The molecule has 3 heterocycles. The lowest BCUT2D eigenvalue weighted by Crippen LogP contribution is -2.55. The summed E-state index contributed by atoms with van der Waals surface area (Å²) in [6, 6.07) is 10.8. The summed E-state index contributed by atoms with van der Waals surface area (Å²) in [6.07, 6.45) is -0.835. The molecule has 0 spiro atoms. The van der Waals surface area contributed by atoms with Crippen molar-refractivity contribution in [2.45, 2.75) is 58.5 Å². The van der Waals surface area contributed by atoms with Crippen LogP contribution in [0.15, 0.2) is 48.0 Å². The average Bonchev–Trinajstić information content (AvgIpc) is 3.67. The van der Waals surface area contributed by atoms with Crippen LogP contribution in [-0.2, 0) is 27.5 Å². The van der Waals surface area contributed by atoms with Crippen molar-refractivity contribution in [3.63, 3.8) is 0 Å². The number of rotatable bonds is 10. The minimum atomic E-state index is -1.14. The van der Waals surface area contributed by atoms with Crippen molar-refractivity contribution in [1.29, 1.82) is 0 Å². The summed E-state index contributed by atoms with van der Waals surface area (Å²) in [5.74, 6) is -2.14. The zero-order valence-electron chi connectivity index (χ0n) is 24.1. The van der Waals surface area contributed by atoms with E-state index in [1.54, 1.807) is 34.7 Å². The molecule has 3 atom stereocenters. The minimum absolute atomic E-state index is 0.0118. The lowest BCUT2D eigenvalue weighted by Gasteiger charge is -2.35. The van der Waals surface area contributed by atoms with Crippen LogP contribution in [0, 0.1) is 12.8 Å². The Balaban J connectivity index is 1.32. The first kappa shape index (κ1) is 30.2. The number of hydrogen-bond acceptors (Lipinski definition) is 8. The molecule has 2 aliphatic heterocycles. The third-order valence-electron chi connectivity index (χ3n) is 7.81. The van der Waals surface area contributed by atoms with Gasteiger partial charge in [-0.15, -0.1) is 11.3 Å². The van der Waals surface area contributed by atoms with Gasteiger partial charge in [0.1, 0.15) is 17.8 Å². The number of aliphatic hydroxyl groups excluding tert-OH is 1. The number of hydrogen-bond donors (Lipinski definition) is 3. The summed E-state index contributed by atoms with van der Waals surface area (Å²) < 4.78 is 5.55. The van der Waals surface area contributed by atoms with Crippen molar-refractivity contribution < 1.29 is 34.1 Å². The zero-order valence-corrected chi connectivity index (χ0v) is 25.0. The number of carboxylic acids is 1. The van der Waals surface area contributed by atoms with Crippen molar-refractivity contribution in [3.8, 4) is 16.2 Å². The Morgan fingerprint density at radius 3 is 2.63 bits per heavy atom. The predicted molar refractivity (Wildman–Crippen MR) is 158 cm³/mol. The van der Waals surface area contributed by atoms with Crippen LogP contribution in [0.2, 0.25) is 0 Å². The molecule has 5 rings (SSSR count). The molecular weight excluding hydrogens is 572 g/mol. The van der Waals surface area contributed by atoms with E-state index < -0.39 is 36.7 Å². The van der Waals surface area contributed by atoms with Gasteiger partial charge in [-0.3, -0.25) is 14.4 Å². The molecule has 226 valence electrons. The fourth-order valence-corrected chi connectivity index (χ4v) is 6.55. The van der Waals surface area contributed by atoms with Crippen LogP contribution in [0.25, 0.3) is 10.4 Å². The van der Waals surface area contributed by atoms with E-state index in [4.69, 9.17) is 4.74 Å². The number of aliphatic carboxylic acids is 1. The van der Waals surface area contributed by atoms with E-state index in [1.165, 1.54) is 16.2 Å². The minimum Gasteiger partial charge on any atom is -0.482 e. The molecule has 0 bridgehead atoms. The van der Waals surface area contributed by atoms with E-state index in [0.29, 0.717) is 23.4 Å². The van der Waals surface area contributed by atoms with Gasteiger partial charge in [-0.2, -0.15) is 0 Å². The normalized spacial score (nSPS) is 18.6. The predicted octanol–water partition coefficient (Wildman–Crippen LogP) is 2.84. The van der Waals surface area contributed by atoms with E-state index in [2.05, 4.69) is 10.3 Å². The molecule has 12 heteroatoms. The number of amides is 3. The van der Waals surface area contributed by atoms with Gasteiger partial charge in [0.15, 0.2) is 6.61 Å². The number of aromatic nitrogens is 1. The maximum Gasteiger partial charge on any atom is 0.341 e. The molecule has 2 aliphatic rings. The molecule has 0 saturated carbocycles. The standard InChI is InChI=1S/C31H34N4O7S/c1-17(2)27(35-13-21-6-4-5-7-23(21)30(35)40)31(41)34-14-22(36)11-24(34)29(39)32-12-20-9-8-19(28-18(3)33-16-43-28)10-25(20)42-15-26(37)38/h4-10,16-17,22,24,27,36H,11-15H2,1-3H3,(H,32,39)(H,37,38)/t22-,24+,27+/m1/s1. The van der Waals surface area contributed by atoms with Gasteiger partial charge in [0.25, 0.3) is 5.91 Å². The number of β-amino-alcohol motifs (C(OH)–C–C–N with tert-alkyl or cyclic N) is 1. The molecule has 1 saturated heterocycles. The Hall–Kier alpha value is -4.29. The fraction of sp³-hybridized carbons (Fsp3) is 0.387. The number of nitrogens with one attached hydrogen (secondary N) is 1. The van der Waals surface area contributed by atoms with E-state index >= 15 is 0 Å². The third-order valence-corrected chi connectivity index (χ3v) is 8.79. The highest BCUT2D eigenvalue weighted by molar-refractivity contribution is 7.13. The zero-order chi connectivity index (χ0) is 30.8. The van der Waals surface area contributed by atoms with Crippen molar-refractivity contribution in [3.05, 3.63) is 70.4 Å². The van der Waals surface area contributed by atoms with Gasteiger partial charge in [0.2, 0.25) is 11.8 Å². The molecule has 3 amide bonds. The molecule has 43 heavy (non-hydrogen) atoms. The van der Waals surface area contributed by atoms with Crippen molar-refractivity contribution in [2.24, 2.45) is 5.92 Å². The first-order valence-electron chi connectivity index (χ1n) is 14.1. The van der Waals surface area contributed by atoms with Crippen LogP contribution < -0.4 is 10.1 Å². The topological polar surface area (TPSA) is 149 Å². The maximum absolute atomic E-state index is 13.9. The molecule has 0 unspecified atom stereocenters.